The number of aryl methyl sites for hydroxylation is 2. The van der Waals surface area contributed by atoms with Gasteiger partial charge in [0.05, 0.1) is 5.92 Å². The molecule has 1 aliphatic heterocycles. The van der Waals surface area contributed by atoms with E-state index in [1.54, 1.807) is 0 Å². The van der Waals surface area contributed by atoms with Gasteiger partial charge < -0.3 is 10.0 Å². The van der Waals surface area contributed by atoms with E-state index in [-0.39, 0.29) is 5.92 Å². The molecular weight excluding hydrogens is 238 g/mol. The molecule has 1 heterocycles. The standard InChI is InChI=1S/C16H23NO2/c1-12-5-6-14(10-13(12)2)7-9-17-8-3-4-15(11-17)16(18)19/h5-6,10,15H,3-4,7-9,11H2,1-2H3,(H,18,19). The van der Waals surface area contributed by atoms with Crippen LogP contribution in [0.25, 0.3) is 0 Å². The molecule has 0 bridgehead atoms. The number of piperidine rings is 1. The van der Waals surface area contributed by atoms with Gasteiger partial charge in [0.15, 0.2) is 0 Å². The van der Waals surface area contributed by atoms with E-state index in [9.17, 15) is 4.79 Å². The summed E-state index contributed by atoms with van der Waals surface area (Å²) >= 11 is 0. The van der Waals surface area contributed by atoms with Gasteiger partial charge in [-0.2, -0.15) is 0 Å². The number of benzene rings is 1. The van der Waals surface area contributed by atoms with E-state index in [1.807, 2.05) is 0 Å². The Morgan fingerprint density at radius 3 is 2.84 bits per heavy atom. The molecule has 1 aromatic carbocycles. The minimum absolute atomic E-state index is 0.173. The fourth-order valence-electron chi connectivity index (χ4n) is 2.71. The minimum atomic E-state index is -0.643. The molecule has 0 amide bonds. The lowest BCUT2D eigenvalue weighted by Crippen LogP contribution is -2.39. The Morgan fingerprint density at radius 1 is 1.37 bits per heavy atom. The second-order valence-electron chi connectivity index (χ2n) is 5.65. The summed E-state index contributed by atoms with van der Waals surface area (Å²) in [6.07, 6.45) is 2.84. The number of carboxylic acids is 1. The van der Waals surface area contributed by atoms with Crippen LogP contribution in [0.1, 0.15) is 29.5 Å². The largest absolute Gasteiger partial charge is 0.481 e. The Bertz CT molecular complexity index is 456. The van der Waals surface area contributed by atoms with Crippen LogP contribution in [-0.4, -0.2) is 35.6 Å². The summed E-state index contributed by atoms with van der Waals surface area (Å²) in [5.74, 6) is -0.815. The van der Waals surface area contributed by atoms with Crippen LogP contribution >= 0.6 is 0 Å². The third-order valence-electron chi connectivity index (χ3n) is 4.14. The second-order valence-corrected chi connectivity index (χ2v) is 5.65. The van der Waals surface area contributed by atoms with Crippen molar-refractivity contribution in [1.29, 1.82) is 0 Å². The van der Waals surface area contributed by atoms with Crippen molar-refractivity contribution in [3.05, 3.63) is 34.9 Å². The summed E-state index contributed by atoms with van der Waals surface area (Å²) in [7, 11) is 0. The summed E-state index contributed by atoms with van der Waals surface area (Å²) in [6, 6.07) is 6.59. The molecule has 0 aromatic heterocycles. The van der Waals surface area contributed by atoms with E-state index in [1.165, 1.54) is 16.7 Å². The van der Waals surface area contributed by atoms with Crippen molar-refractivity contribution in [2.45, 2.75) is 33.1 Å². The molecule has 1 fully saturated rings. The van der Waals surface area contributed by atoms with Crippen molar-refractivity contribution >= 4 is 5.97 Å². The zero-order valence-electron chi connectivity index (χ0n) is 11.9. The fraction of sp³-hybridized carbons (Fsp3) is 0.562. The van der Waals surface area contributed by atoms with Gasteiger partial charge >= 0.3 is 5.97 Å². The van der Waals surface area contributed by atoms with Crippen molar-refractivity contribution in [2.75, 3.05) is 19.6 Å². The van der Waals surface area contributed by atoms with Gasteiger partial charge in [-0.15, -0.1) is 0 Å². The predicted octanol–water partition coefficient (Wildman–Crippen LogP) is 2.64. The summed E-state index contributed by atoms with van der Waals surface area (Å²) in [4.78, 5) is 13.3. The number of carboxylic acid groups (broad SMARTS) is 1. The molecule has 1 aromatic rings. The van der Waals surface area contributed by atoms with Crippen LogP contribution in [0.5, 0.6) is 0 Å². The Hall–Kier alpha value is -1.35. The van der Waals surface area contributed by atoms with Gasteiger partial charge in [-0.3, -0.25) is 4.79 Å². The zero-order chi connectivity index (χ0) is 13.8. The topological polar surface area (TPSA) is 40.5 Å². The molecule has 104 valence electrons. The SMILES string of the molecule is Cc1ccc(CCN2CCCC(C(=O)O)C2)cc1C. The van der Waals surface area contributed by atoms with E-state index in [0.717, 1.165) is 32.4 Å². The smallest absolute Gasteiger partial charge is 0.307 e. The molecule has 1 N–H and O–H groups in total. The highest BCUT2D eigenvalue weighted by molar-refractivity contribution is 5.70. The van der Waals surface area contributed by atoms with Gasteiger partial charge in [-0.25, -0.2) is 0 Å². The second kappa shape index (κ2) is 6.20. The summed E-state index contributed by atoms with van der Waals surface area (Å²) in [6.45, 7) is 6.97. The number of likely N-dealkylation sites (tertiary alicyclic amines) is 1. The van der Waals surface area contributed by atoms with E-state index in [0.29, 0.717) is 6.54 Å². The van der Waals surface area contributed by atoms with Gasteiger partial charge in [0.1, 0.15) is 0 Å². The first-order valence-electron chi connectivity index (χ1n) is 7.07. The van der Waals surface area contributed by atoms with Crippen LogP contribution in [-0.2, 0) is 11.2 Å². The van der Waals surface area contributed by atoms with Crippen molar-refractivity contribution in [1.82, 2.24) is 4.90 Å². The molecule has 1 unspecified atom stereocenters. The lowest BCUT2D eigenvalue weighted by atomic mass is 9.97. The third kappa shape index (κ3) is 3.80. The number of nitrogens with zero attached hydrogens (tertiary/aromatic N) is 1. The molecule has 1 aliphatic rings. The summed E-state index contributed by atoms with van der Waals surface area (Å²) in [5, 5.41) is 9.08. The first-order chi connectivity index (χ1) is 9.06. The lowest BCUT2D eigenvalue weighted by Gasteiger charge is -2.30. The van der Waals surface area contributed by atoms with E-state index in [4.69, 9.17) is 5.11 Å². The highest BCUT2D eigenvalue weighted by Gasteiger charge is 2.24. The van der Waals surface area contributed by atoms with E-state index >= 15 is 0 Å². The monoisotopic (exact) mass is 261 g/mol. The van der Waals surface area contributed by atoms with Crippen LogP contribution in [0.4, 0.5) is 0 Å². The molecule has 3 heteroatoms. The van der Waals surface area contributed by atoms with E-state index < -0.39 is 5.97 Å². The van der Waals surface area contributed by atoms with Gasteiger partial charge in [0.25, 0.3) is 0 Å². The molecule has 1 atom stereocenters. The maximum atomic E-state index is 11.0. The van der Waals surface area contributed by atoms with Crippen LogP contribution in [0.15, 0.2) is 18.2 Å². The highest BCUT2D eigenvalue weighted by Crippen LogP contribution is 2.17. The molecular formula is C16H23NO2. The molecule has 0 aliphatic carbocycles. The van der Waals surface area contributed by atoms with Crippen molar-refractivity contribution in [3.63, 3.8) is 0 Å². The molecule has 19 heavy (non-hydrogen) atoms. The molecule has 0 saturated carbocycles. The molecule has 1 saturated heterocycles. The maximum Gasteiger partial charge on any atom is 0.307 e. The normalized spacial score (nSPS) is 20.4. The number of aliphatic carboxylic acids is 1. The Labute approximate surface area is 115 Å². The van der Waals surface area contributed by atoms with Gasteiger partial charge in [0, 0.05) is 13.1 Å². The molecule has 3 nitrogen and oxygen atoms in total. The van der Waals surface area contributed by atoms with Crippen LogP contribution in [0.3, 0.4) is 0 Å². The fourth-order valence-corrected chi connectivity index (χ4v) is 2.71. The maximum absolute atomic E-state index is 11.0. The molecule has 0 spiro atoms. The molecule has 0 radical (unpaired) electrons. The minimum Gasteiger partial charge on any atom is -0.481 e. The lowest BCUT2D eigenvalue weighted by molar-refractivity contribution is -0.143. The Balaban J connectivity index is 1.87. The van der Waals surface area contributed by atoms with Gasteiger partial charge in [-0.1, -0.05) is 18.2 Å². The summed E-state index contributed by atoms with van der Waals surface area (Å²) < 4.78 is 0. The predicted molar refractivity (Wildman–Crippen MR) is 76.4 cm³/mol. The Morgan fingerprint density at radius 2 is 2.16 bits per heavy atom. The average molecular weight is 261 g/mol. The first-order valence-corrected chi connectivity index (χ1v) is 7.07. The van der Waals surface area contributed by atoms with Gasteiger partial charge in [-0.05, 0) is 56.3 Å². The quantitative estimate of drug-likeness (QED) is 0.906. The molecule has 2 rings (SSSR count). The highest BCUT2D eigenvalue weighted by atomic mass is 16.4. The van der Waals surface area contributed by atoms with Gasteiger partial charge in [0.2, 0.25) is 0 Å². The zero-order valence-corrected chi connectivity index (χ0v) is 11.9. The number of rotatable bonds is 4. The number of carbonyl (C=O) groups is 1. The van der Waals surface area contributed by atoms with Crippen molar-refractivity contribution < 1.29 is 9.90 Å². The van der Waals surface area contributed by atoms with Crippen LogP contribution in [0.2, 0.25) is 0 Å². The van der Waals surface area contributed by atoms with E-state index in [2.05, 4.69) is 36.9 Å². The van der Waals surface area contributed by atoms with Crippen LogP contribution < -0.4 is 0 Å². The third-order valence-corrected chi connectivity index (χ3v) is 4.14. The summed E-state index contributed by atoms with van der Waals surface area (Å²) in [5.41, 5.74) is 4.01. The Kier molecular flexibility index (Phi) is 4.59. The first kappa shape index (κ1) is 14.1. The average Bonchev–Trinajstić information content (AvgIpc) is 2.40. The van der Waals surface area contributed by atoms with Crippen LogP contribution in [0, 0.1) is 19.8 Å². The van der Waals surface area contributed by atoms with Crippen molar-refractivity contribution in [2.24, 2.45) is 5.92 Å². The number of hydrogen-bond acceptors (Lipinski definition) is 2. The van der Waals surface area contributed by atoms with Crippen molar-refractivity contribution in [3.8, 4) is 0 Å². The number of hydrogen-bond donors (Lipinski definition) is 1.